The third-order valence-corrected chi connectivity index (χ3v) is 4.63. The first kappa shape index (κ1) is 14.2. The first-order chi connectivity index (χ1) is 10.4. The molecule has 3 heteroatoms. The molecule has 2 aromatic rings. The number of aryl methyl sites for hydroxylation is 1. The van der Waals surface area contributed by atoms with Crippen molar-refractivity contribution in [3.8, 4) is 0 Å². The second kappa shape index (κ2) is 7.32. The molecule has 1 unspecified atom stereocenters. The lowest BCUT2D eigenvalue weighted by molar-refractivity contribution is 0.744. The lowest BCUT2D eigenvalue weighted by Crippen LogP contribution is -2.19. The average Bonchev–Trinajstić information content (AvgIpc) is 3.02. The van der Waals surface area contributed by atoms with Gasteiger partial charge in [0.1, 0.15) is 0 Å². The van der Waals surface area contributed by atoms with E-state index in [1.54, 1.807) is 0 Å². The molecule has 0 aromatic heterocycles. The summed E-state index contributed by atoms with van der Waals surface area (Å²) in [5.41, 5.74) is 2.74. The molecular formula is C18H20N2S. The van der Waals surface area contributed by atoms with E-state index in [-0.39, 0.29) is 0 Å². The minimum atomic E-state index is 0.407. The highest BCUT2D eigenvalue weighted by molar-refractivity contribution is 8.14. The van der Waals surface area contributed by atoms with Crippen molar-refractivity contribution in [3.05, 3.63) is 71.8 Å². The highest BCUT2D eigenvalue weighted by Crippen LogP contribution is 2.25. The second-order valence-electron chi connectivity index (χ2n) is 5.19. The molecule has 108 valence electrons. The maximum Gasteiger partial charge on any atom is 0.157 e. The van der Waals surface area contributed by atoms with Gasteiger partial charge in [-0.25, -0.2) is 0 Å². The Labute approximate surface area is 130 Å². The molecule has 1 fully saturated rings. The van der Waals surface area contributed by atoms with Gasteiger partial charge in [-0.15, -0.1) is 0 Å². The van der Waals surface area contributed by atoms with Crippen molar-refractivity contribution < 1.29 is 0 Å². The zero-order valence-corrected chi connectivity index (χ0v) is 12.9. The molecule has 0 amide bonds. The van der Waals surface area contributed by atoms with E-state index in [4.69, 9.17) is 0 Å². The van der Waals surface area contributed by atoms with Crippen molar-refractivity contribution in [2.45, 2.75) is 18.9 Å². The van der Waals surface area contributed by atoms with Crippen molar-refractivity contribution in [2.24, 2.45) is 4.99 Å². The van der Waals surface area contributed by atoms with Gasteiger partial charge >= 0.3 is 0 Å². The van der Waals surface area contributed by atoms with Crippen LogP contribution in [-0.4, -0.2) is 17.5 Å². The van der Waals surface area contributed by atoms with Crippen molar-refractivity contribution in [3.63, 3.8) is 0 Å². The Kier molecular flexibility index (Phi) is 4.95. The fraction of sp³-hybridized carbons (Fsp3) is 0.278. The molecule has 0 saturated carbocycles. The van der Waals surface area contributed by atoms with Crippen LogP contribution in [0.4, 0.5) is 0 Å². The van der Waals surface area contributed by atoms with Gasteiger partial charge in [-0.05, 0) is 24.0 Å². The van der Waals surface area contributed by atoms with Crippen LogP contribution in [-0.2, 0) is 6.42 Å². The number of amidine groups is 1. The summed E-state index contributed by atoms with van der Waals surface area (Å²) >= 11 is 1.83. The maximum absolute atomic E-state index is 4.68. The Morgan fingerprint density at radius 3 is 2.48 bits per heavy atom. The van der Waals surface area contributed by atoms with E-state index >= 15 is 0 Å². The van der Waals surface area contributed by atoms with E-state index in [0.29, 0.717) is 6.04 Å². The summed E-state index contributed by atoms with van der Waals surface area (Å²) in [5, 5.41) is 4.61. The van der Waals surface area contributed by atoms with Gasteiger partial charge in [-0.2, -0.15) is 0 Å². The van der Waals surface area contributed by atoms with E-state index in [0.717, 1.165) is 30.3 Å². The molecule has 1 aliphatic rings. The number of nitrogens with zero attached hydrogens (tertiary/aromatic N) is 1. The summed E-state index contributed by atoms with van der Waals surface area (Å²) in [5.74, 6) is 1.07. The number of hydrogen-bond donors (Lipinski definition) is 1. The predicted octanol–water partition coefficient (Wildman–Crippen LogP) is 4.05. The molecule has 1 N–H and O–H groups in total. The summed E-state index contributed by atoms with van der Waals surface area (Å²) in [7, 11) is 0. The molecule has 3 rings (SSSR count). The molecule has 2 nitrogen and oxygen atoms in total. The monoisotopic (exact) mass is 296 g/mol. The number of nitrogens with one attached hydrogen (secondary N) is 1. The smallest absolute Gasteiger partial charge is 0.157 e. The molecule has 1 saturated heterocycles. The Morgan fingerprint density at radius 2 is 1.71 bits per heavy atom. The third-order valence-electron chi connectivity index (χ3n) is 3.61. The zero-order valence-electron chi connectivity index (χ0n) is 12.0. The fourth-order valence-corrected chi connectivity index (χ4v) is 3.47. The van der Waals surface area contributed by atoms with E-state index in [9.17, 15) is 0 Å². The fourth-order valence-electron chi connectivity index (χ4n) is 2.46. The summed E-state index contributed by atoms with van der Waals surface area (Å²) in [6.45, 7) is 0.895. The van der Waals surface area contributed by atoms with Crippen LogP contribution >= 0.6 is 11.8 Å². The van der Waals surface area contributed by atoms with Gasteiger partial charge in [0.05, 0.1) is 6.04 Å². The summed E-state index contributed by atoms with van der Waals surface area (Å²) in [6, 6.07) is 21.6. The number of benzene rings is 2. The largest absolute Gasteiger partial charge is 0.357 e. The number of thioether (sulfide) groups is 1. The van der Waals surface area contributed by atoms with Crippen LogP contribution in [0.25, 0.3) is 0 Å². The van der Waals surface area contributed by atoms with E-state index in [2.05, 4.69) is 71.0 Å². The molecule has 2 aromatic carbocycles. The Morgan fingerprint density at radius 1 is 1.00 bits per heavy atom. The van der Waals surface area contributed by atoms with Crippen LogP contribution in [0.3, 0.4) is 0 Å². The highest BCUT2D eigenvalue weighted by atomic mass is 32.2. The van der Waals surface area contributed by atoms with Gasteiger partial charge in [0.2, 0.25) is 0 Å². The zero-order chi connectivity index (χ0) is 14.3. The molecule has 21 heavy (non-hydrogen) atoms. The summed E-state index contributed by atoms with van der Waals surface area (Å²) in [6.07, 6.45) is 2.20. The van der Waals surface area contributed by atoms with Gasteiger partial charge in [0, 0.05) is 12.3 Å². The first-order valence-corrected chi connectivity index (χ1v) is 8.43. The second-order valence-corrected chi connectivity index (χ2v) is 6.20. The van der Waals surface area contributed by atoms with Crippen LogP contribution < -0.4 is 5.32 Å². The molecule has 1 heterocycles. The predicted molar refractivity (Wildman–Crippen MR) is 91.8 cm³/mol. The van der Waals surface area contributed by atoms with Gasteiger partial charge in [-0.1, -0.05) is 72.4 Å². The molecule has 1 atom stereocenters. The van der Waals surface area contributed by atoms with Crippen LogP contribution in [0.5, 0.6) is 0 Å². The first-order valence-electron chi connectivity index (χ1n) is 7.44. The Bertz CT molecular complexity index is 581. The van der Waals surface area contributed by atoms with E-state index in [1.165, 1.54) is 11.1 Å². The third kappa shape index (κ3) is 4.11. The average molecular weight is 296 g/mol. The number of aliphatic imine (C=N–C) groups is 1. The van der Waals surface area contributed by atoms with E-state index < -0.39 is 0 Å². The topological polar surface area (TPSA) is 24.4 Å². The minimum absolute atomic E-state index is 0.407. The van der Waals surface area contributed by atoms with Gasteiger partial charge in [-0.3, -0.25) is 4.99 Å². The molecule has 0 spiro atoms. The van der Waals surface area contributed by atoms with Crippen molar-refractivity contribution in [1.29, 1.82) is 0 Å². The van der Waals surface area contributed by atoms with Gasteiger partial charge in [0.15, 0.2) is 5.17 Å². The maximum atomic E-state index is 4.68. The summed E-state index contributed by atoms with van der Waals surface area (Å²) in [4.78, 5) is 4.68. The van der Waals surface area contributed by atoms with Crippen molar-refractivity contribution in [1.82, 2.24) is 5.32 Å². The lowest BCUT2D eigenvalue weighted by atomic mass is 10.1. The van der Waals surface area contributed by atoms with E-state index in [1.807, 2.05) is 11.8 Å². The van der Waals surface area contributed by atoms with Crippen molar-refractivity contribution >= 4 is 16.9 Å². The van der Waals surface area contributed by atoms with Crippen LogP contribution in [0.15, 0.2) is 65.7 Å². The minimum Gasteiger partial charge on any atom is -0.357 e. The highest BCUT2D eigenvalue weighted by Gasteiger charge is 2.21. The Balaban J connectivity index is 1.46. The molecule has 0 aliphatic carbocycles. The lowest BCUT2D eigenvalue weighted by Gasteiger charge is -2.09. The number of hydrogen-bond acceptors (Lipinski definition) is 2. The number of rotatable bonds is 5. The van der Waals surface area contributed by atoms with Crippen LogP contribution in [0.2, 0.25) is 0 Å². The molecular weight excluding hydrogens is 276 g/mol. The quantitative estimate of drug-likeness (QED) is 0.842. The summed E-state index contributed by atoms with van der Waals surface area (Å²) < 4.78 is 0. The van der Waals surface area contributed by atoms with Crippen LogP contribution in [0, 0.1) is 0 Å². The van der Waals surface area contributed by atoms with Crippen LogP contribution in [0.1, 0.15) is 23.6 Å². The SMILES string of the molecule is c1ccc(CCCN=C2NC(c3ccccc3)CS2)cc1. The van der Waals surface area contributed by atoms with Crippen molar-refractivity contribution in [2.75, 3.05) is 12.3 Å². The van der Waals surface area contributed by atoms with Gasteiger partial charge in [0.25, 0.3) is 0 Å². The molecule has 1 aliphatic heterocycles. The molecule has 0 radical (unpaired) electrons. The van der Waals surface area contributed by atoms with Gasteiger partial charge < -0.3 is 5.32 Å². The normalized spacial score (nSPS) is 19.6. The standard InChI is InChI=1S/C18H20N2S/c1-3-8-15(9-4-1)10-7-13-19-18-20-17(14-21-18)16-11-5-2-6-12-16/h1-6,8-9,11-12,17H,7,10,13-14H2,(H,19,20). The molecule has 0 bridgehead atoms. The Hall–Kier alpha value is -1.74.